The van der Waals surface area contributed by atoms with Gasteiger partial charge in [0.2, 0.25) is 0 Å². The van der Waals surface area contributed by atoms with Crippen LogP contribution in [0.1, 0.15) is 37.3 Å². The van der Waals surface area contributed by atoms with Gasteiger partial charge >= 0.3 is 18.9 Å². The Kier molecular flexibility index (Phi) is 7.96. The first-order valence-corrected chi connectivity index (χ1v) is 6.96. The minimum atomic E-state index is 0. The monoisotopic (exact) mass is 256 g/mol. The van der Waals surface area contributed by atoms with Crippen molar-refractivity contribution in [1.29, 1.82) is 0 Å². The Morgan fingerprint density at radius 3 is 2.15 bits per heavy atom. The molecule has 0 radical (unpaired) electrons. The number of hydrogen-bond acceptors (Lipinski definition) is 0. The van der Waals surface area contributed by atoms with Crippen LogP contribution in [0.5, 0.6) is 0 Å². The SMILES string of the molecule is C[C-](CCC/C=C/c1ccccc1)c1ccccc1.[Li+]. The van der Waals surface area contributed by atoms with Crippen molar-refractivity contribution in [2.24, 2.45) is 0 Å². The van der Waals surface area contributed by atoms with Gasteiger partial charge in [0.1, 0.15) is 0 Å². The molecule has 0 bridgehead atoms. The molecule has 0 aromatic heterocycles. The van der Waals surface area contributed by atoms with Crippen molar-refractivity contribution in [3.05, 3.63) is 83.8 Å². The van der Waals surface area contributed by atoms with Crippen molar-refractivity contribution in [1.82, 2.24) is 0 Å². The van der Waals surface area contributed by atoms with Crippen LogP contribution < -0.4 is 18.9 Å². The Balaban J connectivity index is 0.00000200. The second kappa shape index (κ2) is 9.54. The van der Waals surface area contributed by atoms with Gasteiger partial charge in [-0.3, -0.25) is 0 Å². The smallest absolute Gasteiger partial charge is 0.189 e. The molecule has 0 N–H and O–H groups in total. The van der Waals surface area contributed by atoms with Crippen molar-refractivity contribution in [2.75, 3.05) is 0 Å². The third-order valence-corrected chi connectivity index (χ3v) is 3.30. The average molecular weight is 256 g/mol. The van der Waals surface area contributed by atoms with Gasteiger partial charge < -0.3 is 0 Å². The van der Waals surface area contributed by atoms with E-state index in [-0.39, 0.29) is 18.9 Å². The quantitative estimate of drug-likeness (QED) is 0.423. The molecule has 0 atom stereocenters. The van der Waals surface area contributed by atoms with Crippen molar-refractivity contribution in [2.45, 2.75) is 26.2 Å². The van der Waals surface area contributed by atoms with Gasteiger partial charge in [-0.25, -0.2) is 0 Å². The summed E-state index contributed by atoms with van der Waals surface area (Å²) in [6.07, 6.45) is 8.00. The van der Waals surface area contributed by atoms with Gasteiger partial charge in [0.05, 0.1) is 0 Å². The third-order valence-electron chi connectivity index (χ3n) is 3.30. The van der Waals surface area contributed by atoms with Gasteiger partial charge in [0, 0.05) is 0 Å². The van der Waals surface area contributed by atoms with E-state index in [1.807, 2.05) is 0 Å². The molecule has 0 fully saturated rings. The van der Waals surface area contributed by atoms with Crippen LogP contribution in [-0.2, 0) is 0 Å². The topological polar surface area (TPSA) is 0 Å². The van der Waals surface area contributed by atoms with Crippen molar-refractivity contribution < 1.29 is 18.9 Å². The maximum absolute atomic E-state index is 2.27. The summed E-state index contributed by atoms with van der Waals surface area (Å²) in [7, 11) is 0. The molecule has 2 aromatic carbocycles. The predicted molar refractivity (Wildman–Crippen MR) is 83.8 cm³/mol. The standard InChI is InChI=1S/C19H21.Li/c1-17(19-15-9-4-10-16-19)11-5-2-6-12-18-13-7-3-8-14-18;/h3-4,6-10,12-16H,2,5,11H2,1H3;/q-1;+1/b12-6+;. The molecular weight excluding hydrogens is 235 g/mol. The maximum atomic E-state index is 2.27. The van der Waals surface area contributed by atoms with Crippen LogP contribution in [-0.4, -0.2) is 0 Å². The average Bonchev–Trinajstić information content (AvgIpc) is 2.49. The van der Waals surface area contributed by atoms with E-state index in [0.717, 1.165) is 6.42 Å². The Morgan fingerprint density at radius 1 is 0.900 bits per heavy atom. The minimum Gasteiger partial charge on any atom is -0.189 e. The fraction of sp³-hybridized carbons (Fsp3) is 0.211. The zero-order chi connectivity index (χ0) is 13.3. The van der Waals surface area contributed by atoms with E-state index < -0.39 is 0 Å². The van der Waals surface area contributed by atoms with Crippen LogP contribution in [0.2, 0.25) is 0 Å². The molecule has 0 spiro atoms. The molecule has 0 nitrogen and oxygen atoms in total. The van der Waals surface area contributed by atoms with E-state index in [0.29, 0.717) is 0 Å². The third kappa shape index (κ3) is 5.74. The number of benzene rings is 2. The maximum Gasteiger partial charge on any atom is 1.00 e. The molecule has 0 amide bonds. The fourth-order valence-corrected chi connectivity index (χ4v) is 2.14. The summed E-state index contributed by atoms with van der Waals surface area (Å²) < 4.78 is 0. The Labute approximate surface area is 135 Å². The first kappa shape index (κ1) is 16.7. The Bertz CT molecular complexity index is 488. The van der Waals surface area contributed by atoms with Gasteiger partial charge in [-0.05, 0) is 12.0 Å². The molecule has 1 heteroatoms. The molecule has 0 unspecified atom stereocenters. The zero-order valence-corrected chi connectivity index (χ0v) is 12.5. The molecule has 0 heterocycles. The second-order valence-electron chi connectivity index (χ2n) is 4.85. The number of hydrogen-bond donors (Lipinski definition) is 0. The Morgan fingerprint density at radius 2 is 1.50 bits per heavy atom. The van der Waals surface area contributed by atoms with E-state index in [9.17, 15) is 0 Å². The van der Waals surface area contributed by atoms with Gasteiger partial charge in [0.15, 0.2) is 0 Å². The minimum absolute atomic E-state index is 0. The molecule has 98 valence electrons. The molecule has 20 heavy (non-hydrogen) atoms. The number of rotatable bonds is 6. The van der Waals surface area contributed by atoms with E-state index in [1.165, 1.54) is 29.9 Å². The molecule has 0 aliphatic rings. The summed E-state index contributed by atoms with van der Waals surface area (Å²) in [5.41, 5.74) is 2.65. The normalized spacial score (nSPS) is 10.2. The van der Waals surface area contributed by atoms with Crippen LogP contribution in [0.4, 0.5) is 0 Å². The molecule has 0 aliphatic carbocycles. The molecule has 0 saturated heterocycles. The first-order chi connectivity index (χ1) is 9.36. The molecule has 2 rings (SSSR count). The summed E-state index contributed by atoms with van der Waals surface area (Å²) in [4.78, 5) is 0. The molecule has 0 aliphatic heterocycles. The second-order valence-corrected chi connectivity index (χ2v) is 4.85. The van der Waals surface area contributed by atoms with E-state index in [4.69, 9.17) is 0 Å². The van der Waals surface area contributed by atoms with Gasteiger partial charge in [0.25, 0.3) is 0 Å². The molecule has 0 saturated carbocycles. The zero-order valence-electron chi connectivity index (χ0n) is 12.5. The predicted octanol–water partition coefficient (Wildman–Crippen LogP) is 2.52. The van der Waals surface area contributed by atoms with Gasteiger partial charge in [-0.1, -0.05) is 68.3 Å². The van der Waals surface area contributed by atoms with Crippen LogP contribution in [0, 0.1) is 5.92 Å². The number of allylic oxidation sites excluding steroid dienone is 1. The summed E-state index contributed by atoms with van der Waals surface area (Å²) >= 11 is 0. The van der Waals surface area contributed by atoms with Crippen LogP contribution in [0.15, 0.2) is 66.7 Å². The van der Waals surface area contributed by atoms with Crippen molar-refractivity contribution in [3.63, 3.8) is 0 Å². The summed E-state index contributed by atoms with van der Waals surface area (Å²) in [6, 6.07) is 21.1. The van der Waals surface area contributed by atoms with E-state index in [2.05, 4.69) is 79.7 Å². The fourth-order valence-electron chi connectivity index (χ4n) is 2.14. The van der Waals surface area contributed by atoms with E-state index in [1.54, 1.807) is 0 Å². The summed E-state index contributed by atoms with van der Waals surface area (Å²) in [6.45, 7) is 2.23. The van der Waals surface area contributed by atoms with Crippen LogP contribution >= 0.6 is 0 Å². The van der Waals surface area contributed by atoms with Crippen LogP contribution in [0.3, 0.4) is 0 Å². The first-order valence-electron chi connectivity index (χ1n) is 6.96. The van der Waals surface area contributed by atoms with Crippen LogP contribution in [0.25, 0.3) is 6.08 Å². The van der Waals surface area contributed by atoms with Gasteiger partial charge in [-0.15, -0.1) is 12.1 Å². The Hall–Kier alpha value is -1.35. The van der Waals surface area contributed by atoms with Gasteiger partial charge in [-0.2, -0.15) is 23.6 Å². The molecular formula is C19H21Li. The van der Waals surface area contributed by atoms with E-state index >= 15 is 0 Å². The summed E-state index contributed by atoms with van der Waals surface area (Å²) in [5, 5.41) is 0. The van der Waals surface area contributed by atoms with Crippen molar-refractivity contribution in [3.8, 4) is 0 Å². The molecule has 2 aromatic rings. The summed E-state index contributed by atoms with van der Waals surface area (Å²) in [5.74, 6) is 1.48. The largest absolute Gasteiger partial charge is 1.00 e. The number of unbranched alkanes of at least 4 members (excludes halogenated alkanes) is 1. The van der Waals surface area contributed by atoms with Crippen molar-refractivity contribution >= 4 is 6.08 Å².